The summed E-state index contributed by atoms with van der Waals surface area (Å²) in [4.78, 5) is 32.0. The summed E-state index contributed by atoms with van der Waals surface area (Å²) < 4.78 is 0.957. The second-order valence-corrected chi connectivity index (χ2v) is 9.67. The van der Waals surface area contributed by atoms with Crippen molar-refractivity contribution in [3.8, 4) is 0 Å². The number of anilines is 1. The maximum Gasteiger partial charge on any atom is 0.253 e. The van der Waals surface area contributed by atoms with Gasteiger partial charge in [0.2, 0.25) is 5.91 Å². The molecular weight excluding hydrogens is 478 g/mol. The highest BCUT2D eigenvalue weighted by Crippen LogP contribution is 2.27. The van der Waals surface area contributed by atoms with E-state index in [1.54, 1.807) is 0 Å². The maximum absolute atomic E-state index is 13.1. The van der Waals surface area contributed by atoms with Crippen LogP contribution in [0.4, 0.5) is 5.69 Å². The lowest BCUT2D eigenvalue weighted by Crippen LogP contribution is -2.52. The van der Waals surface area contributed by atoms with E-state index in [1.165, 1.54) is 5.56 Å². The minimum absolute atomic E-state index is 0.00780. The third kappa shape index (κ3) is 5.07. The van der Waals surface area contributed by atoms with Gasteiger partial charge in [-0.1, -0.05) is 33.6 Å². The summed E-state index contributed by atoms with van der Waals surface area (Å²) in [5.41, 5.74) is 3.05. The highest BCUT2D eigenvalue weighted by molar-refractivity contribution is 9.10. The second kappa shape index (κ2) is 9.61. The number of aryl methyl sites for hydroxylation is 1. The van der Waals surface area contributed by atoms with Crippen LogP contribution in [0.3, 0.4) is 0 Å². The summed E-state index contributed by atoms with van der Waals surface area (Å²) in [7, 11) is 0. The van der Waals surface area contributed by atoms with Gasteiger partial charge in [0.05, 0.1) is 0 Å². The van der Waals surface area contributed by atoms with Crippen molar-refractivity contribution >= 4 is 45.0 Å². The van der Waals surface area contributed by atoms with Crippen LogP contribution in [0, 0.1) is 12.8 Å². The molecule has 31 heavy (non-hydrogen) atoms. The van der Waals surface area contributed by atoms with E-state index in [0.29, 0.717) is 18.7 Å². The molecule has 4 rings (SSSR count). The molecule has 0 bridgehead atoms. The van der Waals surface area contributed by atoms with Gasteiger partial charge in [0.25, 0.3) is 5.91 Å². The topological polar surface area (TPSA) is 43.9 Å². The fourth-order valence-electron chi connectivity index (χ4n) is 4.45. The zero-order chi connectivity index (χ0) is 22.0. The Hall–Kier alpha value is -2.05. The lowest BCUT2D eigenvalue weighted by atomic mass is 9.94. The molecule has 0 spiro atoms. The quantitative estimate of drug-likeness (QED) is 0.613. The first kappa shape index (κ1) is 22.2. The van der Waals surface area contributed by atoms with Crippen molar-refractivity contribution < 1.29 is 9.59 Å². The molecule has 0 radical (unpaired) electrons. The third-order valence-electron chi connectivity index (χ3n) is 6.33. The Labute approximate surface area is 197 Å². The Morgan fingerprint density at radius 1 is 0.903 bits per heavy atom. The van der Waals surface area contributed by atoms with E-state index in [0.717, 1.165) is 54.2 Å². The number of rotatable bonds is 3. The Morgan fingerprint density at radius 3 is 2.19 bits per heavy atom. The number of carbonyl (C=O) groups excluding carboxylic acids is 2. The molecule has 2 aliphatic rings. The number of piperazine rings is 1. The van der Waals surface area contributed by atoms with Gasteiger partial charge in [-0.15, -0.1) is 0 Å². The minimum Gasteiger partial charge on any atom is -0.368 e. The van der Waals surface area contributed by atoms with Crippen LogP contribution in [-0.2, 0) is 4.79 Å². The zero-order valence-corrected chi connectivity index (χ0v) is 20.0. The fourth-order valence-corrected chi connectivity index (χ4v) is 4.88. The van der Waals surface area contributed by atoms with Gasteiger partial charge in [0.1, 0.15) is 0 Å². The number of piperidine rings is 1. The lowest BCUT2D eigenvalue weighted by molar-refractivity contribution is -0.137. The number of likely N-dealkylation sites (tertiary alicyclic amines) is 1. The van der Waals surface area contributed by atoms with Crippen LogP contribution in [-0.4, -0.2) is 60.9 Å². The molecule has 2 saturated heterocycles. The molecule has 0 aromatic heterocycles. The smallest absolute Gasteiger partial charge is 0.253 e. The van der Waals surface area contributed by atoms with E-state index >= 15 is 0 Å². The summed E-state index contributed by atoms with van der Waals surface area (Å²) in [5, 5.41) is 0.739. The van der Waals surface area contributed by atoms with Gasteiger partial charge in [-0.05, 0) is 61.7 Å². The summed E-state index contributed by atoms with van der Waals surface area (Å²) in [5.74, 6) is 0.288. The second-order valence-electron chi connectivity index (χ2n) is 8.32. The highest BCUT2D eigenvalue weighted by Gasteiger charge is 2.32. The number of amides is 2. The van der Waals surface area contributed by atoms with Crippen LogP contribution in [0.1, 0.15) is 28.8 Å². The van der Waals surface area contributed by atoms with Crippen LogP contribution < -0.4 is 4.90 Å². The molecule has 0 N–H and O–H groups in total. The van der Waals surface area contributed by atoms with Gasteiger partial charge < -0.3 is 14.7 Å². The number of hydrogen-bond donors (Lipinski definition) is 0. The molecule has 5 nitrogen and oxygen atoms in total. The van der Waals surface area contributed by atoms with Crippen molar-refractivity contribution in [2.45, 2.75) is 19.8 Å². The molecule has 2 heterocycles. The molecule has 0 aliphatic carbocycles. The third-order valence-corrected chi connectivity index (χ3v) is 7.09. The van der Waals surface area contributed by atoms with Crippen molar-refractivity contribution in [1.82, 2.24) is 9.80 Å². The van der Waals surface area contributed by atoms with Crippen LogP contribution >= 0.6 is 27.5 Å². The van der Waals surface area contributed by atoms with E-state index in [9.17, 15) is 9.59 Å². The van der Waals surface area contributed by atoms with Crippen LogP contribution in [0.15, 0.2) is 46.9 Å². The van der Waals surface area contributed by atoms with Gasteiger partial charge >= 0.3 is 0 Å². The monoisotopic (exact) mass is 503 g/mol. The van der Waals surface area contributed by atoms with E-state index < -0.39 is 0 Å². The zero-order valence-electron chi connectivity index (χ0n) is 17.7. The SMILES string of the molecule is Cc1ccc(Cl)cc1N1CCN(C(=O)C2CCN(C(=O)c3ccc(Br)cc3)CC2)CC1. The molecule has 2 aliphatic heterocycles. The Kier molecular flexibility index (Phi) is 6.87. The van der Waals surface area contributed by atoms with Gasteiger partial charge in [-0.3, -0.25) is 9.59 Å². The molecule has 2 fully saturated rings. The van der Waals surface area contributed by atoms with Gasteiger partial charge in [0, 0.05) is 65.9 Å². The molecular formula is C24H27BrClN3O2. The largest absolute Gasteiger partial charge is 0.368 e. The molecule has 2 amide bonds. The standard InChI is InChI=1S/C24H27BrClN3O2/c1-17-2-7-21(26)16-22(17)27-12-14-29(15-13-27)24(31)19-8-10-28(11-9-19)23(30)18-3-5-20(25)6-4-18/h2-7,16,19H,8-15H2,1H3. The molecule has 2 aromatic rings. The van der Waals surface area contributed by atoms with Crippen molar-refractivity contribution in [3.63, 3.8) is 0 Å². The van der Waals surface area contributed by atoms with E-state index in [1.807, 2.05) is 52.3 Å². The number of nitrogens with zero attached hydrogens (tertiary/aromatic N) is 3. The first-order valence-corrected chi connectivity index (χ1v) is 11.9. The average molecular weight is 505 g/mol. The number of halogens is 2. The molecule has 0 saturated carbocycles. The predicted octanol–water partition coefficient (Wildman–Crippen LogP) is 4.61. The van der Waals surface area contributed by atoms with Crippen LogP contribution in [0.5, 0.6) is 0 Å². The Morgan fingerprint density at radius 2 is 1.55 bits per heavy atom. The molecule has 0 atom stereocenters. The Bertz CT molecular complexity index is 950. The lowest BCUT2D eigenvalue weighted by Gasteiger charge is -2.39. The molecule has 0 unspecified atom stereocenters. The highest BCUT2D eigenvalue weighted by atomic mass is 79.9. The summed E-state index contributed by atoms with van der Waals surface area (Å²) in [6, 6.07) is 13.4. The number of hydrogen-bond acceptors (Lipinski definition) is 3. The first-order valence-electron chi connectivity index (χ1n) is 10.8. The Balaban J connectivity index is 1.29. The van der Waals surface area contributed by atoms with Crippen molar-refractivity contribution in [3.05, 3.63) is 63.1 Å². The van der Waals surface area contributed by atoms with E-state index in [2.05, 4.69) is 27.8 Å². The van der Waals surface area contributed by atoms with E-state index in [-0.39, 0.29) is 17.7 Å². The van der Waals surface area contributed by atoms with Crippen molar-refractivity contribution in [2.75, 3.05) is 44.2 Å². The molecule has 7 heteroatoms. The van der Waals surface area contributed by atoms with Crippen LogP contribution in [0.25, 0.3) is 0 Å². The van der Waals surface area contributed by atoms with E-state index in [4.69, 9.17) is 11.6 Å². The summed E-state index contributed by atoms with van der Waals surface area (Å²) in [6.07, 6.45) is 1.46. The first-order chi connectivity index (χ1) is 14.9. The average Bonchev–Trinajstić information content (AvgIpc) is 2.80. The summed E-state index contributed by atoms with van der Waals surface area (Å²) >= 11 is 9.58. The van der Waals surface area contributed by atoms with Gasteiger partial charge in [-0.2, -0.15) is 0 Å². The van der Waals surface area contributed by atoms with Crippen molar-refractivity contribution in [1.29, 1.82) is 0 Å². The van der Waals surface area contributed by atoms with Gasteiger partial charge in [0.15, 0.2) is 0 Å². The molecule has 2 aromatic carbocycles. The predicted molar refractivity (Wildman–Crippen MR) is 128 cm³/mol. The number of benzene rings is 2. The number of carbonyl (C=O) groups is 2. The molecule has 164 valence electrons. The maximum atomic E-state index is 13.1. The van der Waals surface area contributed by atoms with Gasteiger partial charge in [-0.25, -0.2) is 0 Å². The summed E-state index contributed by atoms with van der Waals surface area (Å²) in [6.45, 7) is 6.43. The van der Waals surface area contributed by atoms with Crippen molar-refractivity contribution in [2.24, 2.45) is 5.92 Å². The normalized spacial score (nSPS) is 17.7. The minimum atomic E-state index is 0.00780. The van der Waals surface area contributed by atoms with Crippen LogP contribution in [0.2, 0.25) is 5.02 Å². The fraction of sp³-hybridized carbons (Fsp3) is 0.417.